The first-order chi connectivity index (χ1) is 17.2. The number of sulfonamides is 1. The van der Waals surface area contributed by atoms with Gasteiger partial charge in [-0.15, -0.1) is 0 Å². The number of para-hydroxylation sites is 1. The van der Waals surface area contributed by atoms with E-state index in [2.05, 4.69) is 4.72 Å². The molecule has 1 heterocycles. The first-order valence-corrected chi connectivity index (χ1v) is 13.6. The molecule has 0 aromatic heterocycles. The second-order valence-electron chi connectivity index (χ2n) is 9.57. The van der Waals surface area contributed by atoms with Crippen molar-refractivity contribution >= 4 is 21.6 Å². The Morgan fingerprint density at radius 3 is 2.43 bits per heavy atom. The Morgan fingerprint density at radius 2 is 1.86 bits per heavy atom. The highest BCUT2D eigenvalue weighted by atomic mass is 32.2. The number of ether oxygens (including phenoxy) is 1. The van der Waals surface area contributed by atoms with Gasteiger partial charge in [0.2, 0.25) is 10.0 Å². The van der Waals surface area contributed by atoms with Gasteiger partial charge in [0.15, 0.2) is 5.75 Å². The van der Waals surface area contributed by atoms with Gasteiger partial charge in [-0.05, 0) is 43.8 Å². The molecule has 3 rings (SSSR count). The summed E-state index contributed by atoms with van der Waals surface area (Å²) in [5.41, 5.74) is 0.242. The van der Waals surface area contributed by atoms with Crippen molar-refractivity contribution in [1.82, 2.24) is 9.80 Å². The second-order valence-corrected chi connectivity index (χ2v) is 11.3. The summed E-state index contributed by atoms with van der Waals surface area (Å²) >= 11 is 0. The van der Waals surface area contributed by atoms with E-state index < -0.39 is 39.8 Å². The van der Waals surface area contributed by atoms with E-state index in [4.69, 9.17) is 4.74 Å². The van der Waals surface area contributed by atoms with Crippen molar-refractivity contribution in [3.05, 3.63) is 59.2 Å². The van der Waals surface area contributed by atoms with Gasteiger partial charge in [0.05, 0.1) is 35.7 Å². The molecule has 0 unspecified atom stereocenters. The first-order valence-electron chi connectivity index (χ1n) is 11.7. The van der Waals surface area contributed by atoms with Gasteiger partial charge in [0.1, 0.15) is 6.10 Å². The SMILES string of the molecule is C[C@H]1CN([C@@H](C)CO)C(=O)c2cccc(NS(C)(=O)=O)c2O[C@@H]1CN(C)Cc1ccc(C(F)(F)F)cc1. The summed E-state index contributed by atoms with van der Waals surface area (Å²) in [7, 11) is -1.88. The molecule has 0 fully saturated rings. The predicted octanol–water partition coefficient (Wildman–Crippen LogP) is 3.43. The minimum Gasteiger partial charge on any atom is -0.486 e. The highest BCUT2D eigenvalue weighted by Gasteiger charge is 2.35. The molecule has 2 aromatic carbocycles. The number of benzene rings is 2. The molecule has 0 spiro atoms. The molecule has 0 saturated heterocycles. The van der Waals surface area contributed by atoms with E-state index in [9.17, 15) is 31.5 Å². The third-order valence-corrected chi connectivity index (χ3v) is 6.80. The maximum absolute atomic E-state index is 13.4. The lowest BCUT2D eigenvalue weighted by Crippen LogP contribution is -2.49. The number of rotatable bonds is 8. The Kier molecular flexibility index (Phi) is 8.76. The Balaban J connectivity index is 1.91. The average Bonchev–Trinajstić information content (AvgIpc) is 2.80. The van der Waals surface area contributed by atoms with Crippen molar-refractivity contribution in [1.29, 1.82) is 0 Å². The summed E-state index contributed by atoms with van der Waals surface area (Å²) in [6.07, 6.45) is -3.93. The molecule has 2 N–H and O–H groups in total. The van der Waals surface area contributed by atoms with E-state index in [1.165, 1.54) is 18.2 Å². The van der Waals surface area contributed by atoms with E-state index in [-0.39, 0.29) is 36.1 Å². The number of alkyl halides is 3. The van der Waals surface area contributed by atoms with E-state index in [0.29, 0.717) is 18.7 Å². The van der Waals surface area contributed by atoms with Gasteiger partial charge in [-0.2, -0.15) is 13.2 Å². The number of likely N-dealkylation sites (N-methyl/N-ethyl adjacent to an activating group) is 1. The summed E-state index contributed by atoms with van der Waals surface area (Å²) in [5, 5.41) is 9.76. The molecule has 3 atom stereocenters. The van der Waals surface area contributed by atoms with Crippen LogP contribution in [0.5, 0.6) is 5.75 Å². The highest BCUT2D eigenvalue weighted by molar-refractivity contribution is 7.92. The molecular formula is C25H32F3N3O5S. The number of fused-ring (bicyclic) bond motifs is 1. The van der Waals surface area contributed by atoms with Crippen LogP contribution in [0.15, 0.2) is 42.5 Å². The fraction of sp³-hybridized carbons (Fsp3) is 0.480. The number of nitrogens with zero attached hydrogens (tertiary/aromatic N) is 2. The number of carbonyl (C=O) groups is 1. The standard InChI is InChI=1S/C25H32F3N3O5S/c1-16-12-31(17(2)15-32)24(33)20-6-5-7-21(29-37(4,34)35)23(20)36-22(16)14-30(3)13-18-8-10-19(11-9-18)25(26,27)28/h5-11,16-17,22,29,32H,12-15H2,1-4H3/t16-,17-,22+/m0/s1. The molecule has 1 aliphatic rings. The maximum atomic E-state index is 13.4. The van der Waals surface area contributed by atoms with E-state index in [1.54, 1.807) is 31.0 Å². The maximum Gasteiger partial charge on any atom is 0.416 e. The van der Waals surface area contributed by atoms with E-state index >= 15 is 0 Å². The number of aliphatic hydroxyl groups excluding tert-OH is 1. The van der Waals surface area contributed by atoms with Crippen molar-refractivity contribution in [2.45, 2.75) is 38.7 Å². The van der Waals surface area contributed by atoms with Gasteiger partial charge in [-0.1, -0.05) is 25.1 Å². The zero-order valence-corrected chi connectivity index (χ0v) is 21.9. The number of hydrogen-bond donors (Lipinski definition) is 2. The Labute approximate surface area is 215 Å². The molecular weight excluding hydrogens is 511 g/mol. The fourth-order valence-electron chi connectivity index (χ4n) is 4.22. The van der Waals surface area contributed by atoms with Gasteiger partial charge in [-0.3, -0.25) is 14.4 Å². The number of aliphatic hydroxyl groups is 1. The van der Waals surface area contributed by atoms with Crippen LogP contribution in [0.2, 0.25) is 0 Å². The van der Waals surface area contributed by atoms with Crippen molar-refractivity contribution in [2.24, 2.45) is 5.92 Å². The zero-order valence-electron chi connectivity index (χ0n) is 21.1. The topological polar surface area (TPSA) is 99.2 Å². The number of anilines is 1. The van der Waals surface area contributed by atoms with Crippen LogP contribution in [0, 0.1) is 5.92 Å². The van der Waals surface area contributed by atoms with Crippen LogP contribution in [0.4, 0.5) is 18.9 Å². The minimum atomic E-state index is -4.41. The lowest BCUT2D eigenvalue weighted by atomic mass is 9.99. The third-order valence-electron chi connectivity index (χ3n) is 6.21. The Bertz CT molecular complexity index is 1210. The van der Waals surface area contributed by atoms with Crippen molar-refractivity contribution in [2.75, 3.05) is 37.7 Å². The van der Waals surface area contributed by atoms with Gasteiger partial charge in [-0.25, -0.2) is 8.42 Å². The molecule has 0 aliphatic carbocycles. The molecule has 1 aliphatic heterocycles. The summed E-state index contributed by atoms with van der Waals surface area (Å²) < 4.78 is 71.3. The lowest BCUT2D eigenvalue weighted by Gasteiger charge is -2.38. The zero-order chi connectivity index (χ0) is 27.5. The summed E-state index contributed by atoms with van der Waals surface area (Å²) in [5.74, 6) is -0.530. The summed E-state index contributed by atoms with van der Waals surface area (Å²) in [6.45, 7) is 4.31. The second kappa shape index (κ2) is 11.3. The largest absolute Gasteiger partial charge is 0.486 e. The molecule has 8 nitrogen and oxygen atoms in total. The highest BCUT2D eigenvalue weighted by Crippen LogP contribution is 2.35. The molecule has 1 amide bonds. The molecule has 2 aromatic rings. The minimum absolute atomic E-state index is 0.0903. The van der Waals surface area contributed by atoms with Crippen molar-refractivity contribution < 1.29 is 36.2 Å². The van der Waals surface area contributed by atoms with Crippen LogP contribution in [0.3, 0.4) is 0 Å². The molecule has 0 saturated carbocycles. The molecule has 12 heteroatoms. The Hall–Kier alpha value is -2.83. The average molecular weight is 544 g/mol. The summed E-state index contributed by atoms with van der Waals surface area (Å²) in [6, 6.07) is 9.03. The molecule has 204 valence electrons. The van der Waals surface area contributed by atoms with Crippen molar-refractivity contribution in [3.8, 4) is 5.75 Å². The van der Waals surface area contributed by atoms with Crippen LogP contribution >= 0.6 is 0 Å². The normalized spacial score (nSPS) is 19.6. The quantitative estimate of drug-likeness (QED) is 0.530. The number of hydrogen-bond acceptors (Lipinski definition) is 6. The van der Waals surface area contributed by atoms with Crippen LogP contribution < -0.4 is 9.46 Å². The number of halogens is 3. The van der Waals surface area contributed by atoms with Gasteiger partial charge < -0.3 is 14.7 Å². The van der Waals surface area contributed by atoms with Crippen LogP contribution in [0.1, 0.15) is 35.3 Å². The van der Waals surface area contributed by atoms with Crippen LogP contribution in [-0.2, 0) is 22.7 Å². The monoisotopic (exact) mass is 543 g/mol. The van der Waals surface area contributed by atoms with Gasteiger partial charge >= 0.3 is 6.18 Å². The molecule has 0 radical (unpaired) electrons. The van der Waals surface area contributed by atoms with Crippen LogP contribution in [-0.4, -0.2) is 74.4 Å². The third kappa shape index (κ3) is 7.36. The van der Waals surface area contributed by atoms with Gasteiger partial charge in [0.25, 0.3) is 5.91 Å². The Morgan fingerprint density at radius 1 is 1.22 bits per heavy atom. The van der Waals surface area contributed by atoms with Crippen LogP contribution in [0.25, 0.3) is 0 Å². The lowest BCUT2D eigenvalue weighted by molar-refractivity contribution is -0.137. The fourth-order valence-corrected chi connectivity index (χ4v) is 4.78. The van der Waals surface area contributed by atoms with Gasteiger partial charge in [0, 0.05) is 25.6 Å². The summed E-state index contributed by atoms with van der Waals surface area (Å²) in [4.78, 5) is 16.8. The molecule has 37 heavy (non-hydrogen) atoms. The first kappa shape index (κ1) is 28.7. The number of nitrogens with one attached hydrogen (secondary N) is 1. The number of amides is 1. The van der Waals surface area contributed by atoms with Crippen molar-refractivity contribution in [3.63, 3.8) is 0 Å². The molecule has 0 bridgehead atoms. The van der Waals surface area contributed by atoms with E-state index in [0.717, 1.165) is 18.4 Å². The van der Waals surface area contributed by atoms with E-state index in [1.807, 2.05) is 11.8 Å². The number of carbonyl (C=O) groups excluding carboxylic acids is 1. The smallest absolute Gasteiger partial charge is 0.416 e. The predicted molar refractivity (Wildman–Crippen MR) is 134 cm³/mol.